The third kappa shape index (κ3) is 2.69. The first-order chi connectivity index (χ1) is 6.97. The molecule has 0 saturated heterocycles. The molecule has 1 unspecified atom stereocenters. The summed E-state index contributed by atoms with van der Waals surface area (Å²) >= 11 is 3.20. The van der Waals surface area contributed by atoms with Gasteiger partial charge < -0.3 is 10.8 Å². The quantitative estimate of drug-likeness (QED) is 0.891. The van der Waals surface area contributed by atoms with Crippen molar-refractivity contribution < 1.29 is 9.50 Å². The smallest absolute Gasteiger partial charge is 0.166 e. The first kappa shape index (κ1) is 12.5. The molecule has 1 aromatic carbocycles. The van der Waals surface area contributed by atoms with E-state index in [1.807, 2.05) is 13.8 Å². The Morgan fingerprint density at radius 3 is 2.53 bits per heavy atom. The van der Waals surface area contributed by atoms with Gasteiger partial charge in [0.05, 0.1) is 0 Å². The molecule has 84 valence electrons. The topological polar surface area (TPSA) is 46.2 Å². The van der Waals surface area contributed by atoms with Crippen molar-refractivity contribution in [2.24, 2.45) is 11.7 Å². The van der Waals surface area contributed by atoms with Crippen molar-refractivity contribution in [1.29, 1.82) is 0 Å². The number of hydrogen-bond acceptors (Lipinski definition) is 2. The van der Waals surface area contributed by atoms with Crippen molar-refractivity contribution in [2.75, 3.05) is 6.54 Å². The van der Waals surface area contributed by atoms with Crippen LogP contribution in [0.3, 0.4) is 0 Å². The third-order valence-electron chi connectivity index (χ3n) is 2.52. The predicted molar refractivity (Wildman–Crippen MR) is 62.4 cm³/mol. The van der Waals surface area contributed by atoms with Crippen LogP contribution in [0.4, 0.5) is 4.39 Å². The van der Waals surface area contributed by atoms with E-state index in [1.165, 1.54) is 6.07 Å². The Labute approximate surface area is 97.4 Å². The van der Waals surface area contributed by atoms with E-state index in [0.29, 0.717) is 16.6 Å². The highest BCUT2D eigenvalue weighted by Crippen LogP contribution is 2.34. The summed E-state index contributed by atoms with van der Waals surface area (Å²) in [5.41, 5.74) is 6.19. The van der Waals surface area contributed by atoms with Crippen molar-refractivity contribution in [3.8, 4) is 5.75 Å². The van der Waals surface area contributed by atoms with Gasteiger partial charge in [-0.15, -0.1) is 0 Å². The van der Waals surface area contributed by atoms with Crippen LogP contribution in [0.2, 0.25) is 0 Å². The molecule has 4 heteroatoms. The highest BCUT2D eigenvalue weighted by Gasteiger charge is 2.20. The first-order valence-corrected chi connectivity index (χ1v) is 5.64. The molecule has 1 atom stereocenters. The molecule has 0 heterocycles. The number of phenolic OH excluding ortho intramolecular Hbond substituents is 1. The number of benzene rings is 1. The van der Waals surface area contributed by atoms with E-state index in [1.54, 1.807) is 6.07 Å². The minimum Gasteiger partial charge on any atom is -0.505 e. The second-order valence-corrected chi connectivity index (χ2v) is 4.83. The molecule has 0 aliphatic rings. The van der Waals surface area contributed by atoms with E-state index in [-0.39, 0.29) is 17.6 Å². The van der Waals surface area contributed by atoms with Gasteiger partial charge in [-0.2, -0.15) is 0 Å². The van der Waals surface area contributed by atoms with Crippen LogP contribution in [0.5, 0.6) is 5.75 Å². The monoisotopic (exact) mass is 275 g/mol. The van der Waals surface area contributed by atoms with Gasteiger partial charge in [-0.3, -0.25) is 0 Å². The normalized spacial score (nSPS) is 13.2. The molecule has 0 amide bonds. The Morgan fingerprint density at radius 1 is 1.47 bits per heavy atom. The van der Waals surface area contributed by atoms with Crippen molar-refractivity contribution >= 4 is 15.9 Å². The van der Waals surface area contributed by atoms with E-state index in [4.69, 9.17) is 5.73 Å². The number of nitrogens with two attached hydrogens (primary N) is 1. The number of aromatic hydroxyl groups is 1. The van der Waals surface area contributed by atoms with Gasteiger partial charge in [0.2, 0.25) is 0 Å². The summed E-state index contributed by atoms with van der Waals surface area (Å²) < 4.78 is 13.9. The Kier molecular flexibility index (Phi) is 4.11. The van der Waals surface area contributed by atoms with Gasteiger partial charge in [0.25, 0.3) is 0 Å². The van der Waals surface area contributed by atoms with Crippen molar-refractivity contribution in [3.63, 3.8) is 0 Å². The molecule has 3 N–H and O–H groups in total. The van der Waals surface area contributed by atoms with Crippen molar-refractivity contribution in [2.45, 2.75) is 19.8 Å². The van der Waals surface area contributed by atoms with Crippen LogP contribution in [-0.4, -0.2) is 11.7 Å². The summed E-state index contributed by atoms with van der Waals surface area (Å²) in [5, 5.41) is 9.62. The maximum absolute atomic E-state index is 13.3. The lowest BCUT2D eigenvalue weighted by molar-refractivity contribution is 0.406. The number of halogens is 2. The van der Waals surface area contributed by atoms with Gasteiger partial charge in [0, 0.05) is 16.0 Å². The second-order valence-electron chi connectivity index (χ2n) is 3.91. The van der Waals surface area contributed by atoms with Crippen LogP contribution in [-0.2, 0) is 0 Å². The molecule has 0 aliphatic carbocycles. The minimum absolute atomic E-state index is 0.0306. The average Bonchev–Trinajstić information content (AvgIpc) is 2.13. The van der Waals surface area contributed by atoms with Gasteiger partial charge in [0.15, 0.2) is 11.6 Å². The summed E-state index contributed by atoms with van der Waals surface area (Å²) in [7, 11) is 0. The molecule has 1 aromatic rings. The van der Waals surface area contributed by atoms with Gasteiger partial charge in [-0.05, 0) is 24.6 Å². The molecular formula is C11H15BrFNO. The Balaban J connectivity index is 3.22. The summed E-state index contributed by atoms with van der Waals surface area (Å²) in [5.74, 6) is -0.674. The van der Waals surface area contributed by atoms with Gasteiger partial charge in [-0.1, -0.05) is 29.8 Å². The molecule has 15 heavy (non-hydrogen) atoms. The Bertz CT molecular complexity index is 355. The van der Waals surface area contributed by atoms with Gasteiger partial charge in [-0.25, -0.2) is 4.39 Å². The van der Waals surface area contributed by atoms with Gasteiger partial charge >= 0.3 is 0 Å². The standard InChI is InChI=1S/C11H15BrFNO/c1-6(2)9(5-14)8-3-7(12)4-10(13)11(8)15/h3-4,6,9,15H,5,14H2,1-2H3. The summed E-state index contributed by atoms with van der Waals surface area (Å²) in [6.45, 7) is 4.38. The average molecular weight is 276 g/mol. The van der Waals surface area contributed by atoms with Crippen LogP contribution in [0.1, 0.15) is 25.3 Å². The van der Waals surface area contributed by atoms with E-state index in [2.05, 4.69) is 15.9 Å². The molecule has 0 aliphatic heterocycles. The Morgan fingerprint density at radius 2 is 2.07 bits per heavy atom. The first-order valence-electron chi connectivity index (χ1n) is 4.85. The largest absolute Gasteiger partial charge is 0.505 e. The SMILES string of the molecule is CC(C)C(CN)c1cc(Br)cc(F)c1O. The number of rotatable bonds is 3. The minimum atomic E-state index is -0.613. The summed E-state index contributed by atoms with van der Waals surface area (Å²) in [4.78, 5) is 0. The molecule has 0 radical (unpaired) electrons. The maximum Gasteiger partial charge on any atom is 0.166 e. The number of phenols is 1. The second kappa shape index (κ2) is 4.94. The molecule has 0 saturated carbocycles. The fraction of sp³-hybridized carbons (Fsp3) is 0.455. The van der Waals surface area contributed by atoms with Crippen molar-refractivity contribution in [1.82, 2.24) is 0 Å². The van der Waals surface area contributed by atoms with Crippen LogP contribution < -0.4 is 5.73 Å². The molecule has 1 rings (SSSR count). The molecule has 2 nitrogen and oxygen atoms in total. The lowest BCUT2D eigenvalue weighted by atomic mass is 9.88. The fourth-order valence-electron chi connectivity index (χ4n) is 1.63. The fourth-order valence-corrected chi connectivity index (χ4v) is 2.07. The molecular weight excluding hydrogens is 261 g/mol. The zero-order valence-electron chi connectivity index (χ0n) is 8.80. The van der Waals surface area contributed by atoms with Crippen LogP contribution in [0.25, 0.3) is 0 Å². The molecule has 0 aromatic heterocycles. The molecule has 0 bridgehead atoms. The number of hydrogen-bond donors (Lipinski definition) is 2. The summed E-state index contributed by atoms with van der Waals surface area (Å²) in [6.07, 6.45) is 0. The lowest BCUT2D eigenvalue weighted by Gasteiger charge is -2.20. The highest BCUT2D eigenvalue weighted by atomic mass is 79.9. The van der Waals surface area contributed by atoms with E-state index in [0.717, 1.165) is 0 Å². The molecule has 0 fully saturated rings. The van der Waals surface area contributed by atoms with Crippen LogP contribution in [0, 0.1) is 11.7 Å². The van der Waals surface area contributed by atoms with E-state index in [9.17, 15) is 9.50 Å². The predicted octanol–water partition coefficient (Wildman–Crippen LogP) is 2.99. The third-order valence-corrected chi connectivity index (χ3v) is 2.97. The maximum atomic E-state index is 13.3. The zero-order chi connectivity index (χ0) is 11.6. The lowest BCUT2D eigenvalue weighted by Crippen LogP contribution is -2.18. The van der Waals surface area contributed by atoms with Gasteiger partial charge in [0.1, 0.15) is 0 Å². The zero-order valence-corrected chi connectivity index (χ0v) is 10.4. The van der Waals surface area contributed by atoms with Crippen molar-refractivity contribution in [3.05, 3.63) is 28.0 Å². The van der Waals surface area contributed by atoms with E-state index >= 15 is 0 Å². The van der Waals surface area contributed by atoms with Crippen LogP contribution in [0.15, 0.2) is 16.6 Å². The van der Waals surface area contributed by atoms with E-state index < -0.39 is 5.82 Å². The highest BCUT2D eigenvalue weighted by molar-refractivity contribution is 9.10. The van der Waals surface area contributed by atoms with Crippen LogP contribution >= 0.6 is 15.9 Å². The Hall–Kier alpha value is -0.610. The summed E-state index contributed by atoms with van der Waals surface area (Å²) in [6, 6.07) is 2.96. The molecule has 0 spiro atoms.